The monoisotopic (exact) mass is 457 g/mol. The second-order valence-electron chi connectivity index (χ2n) is 10.2. The van der Waals surface area contributed by atoms with Crippen LogP contribution < -0.4 is 9.47 Å². The molecule has 1 N–H and O–H groups in total. The molecule has 3 atom stereocenters. The van der Waals surface area contributed by atoms with Crippen LogP contribution in [0.2, 0.25) is 0 Å². The van der Waals surface area contributed by atoms with E-state index in [0.29, 0.717) is 0 Å². The largest absolute Gasteiger partial charge is 0.493 e. The smallest absolute Gasteiger partial charge is 0.161 e. The molecule has 0 bridgehead atoms. The Labute approximate surface area is 203 Å². The van der Waals surface area contributed by atoms with Crippen LogP contribution in [0.4, 0.5) is 0 Å². The van der Waals surface area contributed by atoms with E-state index in [-0.39, 0.29) is 17.4 Å². The number of benzene rings is 3. The highest BCUT2D eigenvalue weighted by molar-refractivity contribution is 5.46. The number of likely N-dealkylation sites (tertiary alicyclic amines) is 1. The van der Waals surface area contributed by atoms with Crippen LogP contribution in [-0.4, -0.2) is 42.4 Å². The van der Waals surface area contributed by atoms with Crippen LogP contribution in [0, 0.1) is 5.41 Å². The third-order valence-corrected chi connectivity index (χ3v) is 7.90. The van der Waals surface area contributed by atoms with Gasteiger partial charge in [-0.25, -0.2) is 0 Å². The van der Waals surface area contributed by atoms with Gasteiger partial charge >= 0.3 is 0 Å². The van der Waals surface area contributed by atoms with Gasteiger partial charge < -0.3 is 14.6 Å². The predicted octanol–water partition coefficient (Wildman–Crippen LogP) is 5.23. The second kappa shape index (κ2) is 9.44. The minimum Gasteiger partial charge on any atom is -0.493 e. The van der Waals surface area contributed by atoms with Crippen LogP contribution in [0.25, 0.3) is 0 Å². The van der Waals surface area contributed by atoms with Gasteiger partial charge in [0, 0.05) is 43.8 Å². The summed E-state index contributed by atoms with van der Waals surface area (Å²) in [5.41, 5.74) is 5.00. The molecule has 1 heterocycles. The molecule has 3 aromatic carbocycles. The van der Waals surface area contributed by atoms with E-state index in [4.69, 9.17) is 9.47 Å². The lowest BCUT2D eigenvalue weighted by molar-refractivity contribution is 0.0474. The van der Waals surface area contributed by atoms with Gasteiger partial charge in [-0.3, -0.25) is 4.90 Å². The number of nitrogens with zero attached hydrogens (tertiary/aromatic N) is 1. The van der Waals surface area contributed by atoms with Crippen molar-refractivity contribution >= 4 is 0 Å². The normalized spacial score (nSPS) is 23.6. The van der Waals surface area contributed by atoms with Gasteiger partial charge in [-0.05, 0) is 41.3 Å². The zero-order valence-electron chi connectivity index (χ0n) is 20.4. The van der Waals surface area contributed by atoms with E-state index < -0.39 is 6.10 Å². The van der Waals surface area contributed by atoms with E-state index in [1.54, 1.807) is 7.11 Å². The number of aliphatic hydroxyl groups excluding tert-OH is 1. The number of fused-ring (bicyclic) bond motifs is 1. The van der Waals surface area contributed by atoms with E-state index in [9.17, 15) is 5.11 Å². The average Bonchev–Trinajstić information content (AvgIpc) is 3.40. The molecule has 3 aromatic rings. The van der Waals surface area contributed by atoms with Crippen LogP contribution in [0.1, 0.15) is 42.0 Å². The summed E-state index contributed by atoms with van der Waals surface area (Å²) in [5.74, 6) is 1.76. The molecule has 1 aliphatic heterocycles. The van der Waals surface area contributed by atoms with Gasteiger partial charge in [0.15, 0.2) is 11.5 Å². The summed E-state index contributed by atoms with van der Waals surface area (Å²) in [4.78, 5) is 2.46. The van der Waals surface area contributed by atoms with Gasteiger partial charge in [-0.2, -0.15) is 0 Å². The van der Waals surface area contributed by atoms with Crippen molar-refractivity contribution in [2.45, 2.75) is 51.4 Å². The van der Waals surface area contributed by atoms with E-state index in [2.05, 4.69) is 78.6 Å². The fourth-order valence-corrected chi connectivity index (χ4v) is 5.78. The molecule has 1 aliphatic carbocycles. The maximum atomic E-state index is 10.8. The zero-order chi connectivity index (χ0) is 23.7. The highest BCUT2D eigenvalue weighted by Crippen LogP contribution is 2.47. The van der Waals surface area contributed by atoms with Crippen LogP contribution in [0.15, 0.2) is 72.8 Å². The SMILES string of the molecule is COc1ccc([C@@H]2CN(Cc3ccccc3)C[C@]2(C)C(C)O)cc1OC1Cc2ccccc2C1. The van der Waals surface area contributed by atoms with Gasteiger partial charge in [0.05, 0.1) is 13.2 Å². The minimum absolute atomic E-state index is 0.114. The van der Waals surface area contributed by atoms with Crippen molar-refractivity contribution in [3.05, 3.63) is 95.1 Å². The molecule has 34 heavy (non-hydrogen) atoms. The predicted molar refractivity (Wildman–Crippen MR) is 136 cm³/mol. The minimum atomic E-state index is -0.422. The Balaban J connectivity index is 1.39. The fraction of sp³-hybridized carbons (Fsp3) is 0.400. The summed E-state index contributed by atoms with van der Waals surface area (Å²) in [7, 11) is 1.70. The van der Waals surface area contributed by atoms with Crippen molar-refractivity contribution in [1.29, 1.82) is 0 Å². The number of methoxy groups -OCH3 is 1. The van der Waals surface area contributed by atoms with E-state index in [1.165, 1.54) is 22.3 Å². The Morgan fingerprint density at radius 1 is 0.971 bits per heavy atom. The zero-order valence-corrected chi connectivity index (χ0v) is 20.4. The highest BCUT2D eigenvalue weighted by atomic mass is 16.5. The number of aliphatic hydroxyl groups is 1. The average molecular weight is 458 g/mol. The van der Waals surface area contributed by atoms with Crippen molar-refractivity contribution in [1.82, 2.24) is 4.90 Å². The Morgan fingerprint density at radius 2 is 1.65 bits per heavy atom. The van der Waals surface area contributed by atoms with Crippen molar-refractivity contribution in [2.24, 2.45) is 5.41 Å². The molecule has 2 aliphatic rings. The van der Waals surface area contributed by atoms with Crippen LogP contribution in [-0.2, 0) is 19.4 Å². The van der Waals surface area contributed by atoms with E-state index in [1.807, 2.05) is 13.0 Å². The molecule has 0 radical (unpaired) electrons. The number of hydrogen-bond acceptors (Lipinski definition) is 4. The van der Waals surface area contributed by atoms with Gasteiger partial charge in [0.25, 0.3) is 0 Å². The highest BCUT2D eigenvalue weighted by Gasteiger charge is 2.47. The van der Waals surface area contributed by atoms with Crippen LogP contribution >= 0.6 is 0 Å². The summed E-state index contributed by atoms with van der Waals surface area (Å²) >= 11 is 0. The third-order valence-electron chi connectivity index (χ3n) is 7.90. The first-order valence-corrected chi connectivity index (χ1v) is 12.3. The maximum Gasteiger partial charge on any atom is 0.161 e. The first-order valence-electron chi connectivity index (χ1n) is 12.3. The first-order chi connectivity index (χ1) is 16.5. The van der Waals surface area contributed by atoms with E-state index >= 15 is 0 Å². The lowest BCUT2D eigenvalue weighted by Crippen LogP contribution is -2.37. The molecule has 1 fully saturated rings. The second-order valence-corrected chi connectivity index (χ2v) is 10.2. The molecular formula is C30H35NO3. The molecule has 4 nitrogen and oxygen atoms in total. The molecule has 0 aromatic heterocycles. The Morgan fingerprint density at radius 3 is 2.29 bits per heavy atom. The topological polar surface area (TPSA) is 41.9 Å². The summed E-state index contributed by atoms with van der Waals surface area (Å²) in [5, 5.41) is 10.8. The number of hydrogen-bond donors (Lipinski definition) is 1. The molecule has 5 rings (SSSR count). The molecular weight excluding hydrogens is 422 g/mol. The van der Waals surface area contributed by atoms with Crippen LogP contribution in [0.3, 0.4) is 0 Å². The molecule has 1 unspecified atom stereocenters. The molecule has 0 amide bonds. The van der Waals surface area contributed by atoms with Crippen molar-refractivity contribution < 1.29 is 14.6 Å². The standard InChI is InChI=1S/C30H35NO3/c1-21(32)30(2)20-31(18-22-9-5-4-6-10-22)19-27(30)25-13-14-28(33-3)29(17-25)34-26-15-23-11-7-8-12-24(23)16-26/h4-14,17,21,26-27,32H,15-16,18-20H2,1-3H3/t21?,27-,30+/m0/s1. The fourth-order valence-electron chi connectivity index (χ4n) is 5.78. The van der Waals surface area contributed by atoms with Crippen molar-refractivity contribution in [3.8, 4) is 11.5 Å². The van der Waals surface area contributed by atoms with Gasteiger partial charge in [0.2, 0.25) is 0 Å². The Bertz CT molecular complexity index is 1100. The van der Waals surface area contributed by atoms with Gasteiger partial charge in [-0.15, -0.1) is 0 Å². The first kappa shape index (κ1) is 22.9. The van der Waals surface area contributed by atoms with Crippen molar-refractivity contribution in [3.63, 3.8) is 0 Å². The summed E-state index contributed by atoms with van der Waals surface area (Å²) in [6.07, 6.45) is 1.53. The Hall–Kier alpha value is -2.82. The van der Waals surface area contributed by atoms with Gasteiger partial charge in [0.1, 0.15) is 6.10 Å². The molecule has 178 valence electrons. The number of rotatable bonds is 7. The quantitative estimate of drug-likeness (QED) is 0.528. The van der Waals surface area contributed by atoms with Crippen molar-refractivity contribution in [2.75, 3.05) is 20.2 Å². The molecule has 4 heteroatoms. The third kappa shape index (κ3) is 4.45. The molecule has 0 saturated carbocycles. The molecule has 0 spiro atoms. The maximum absolute atomic E-state index is 10.8. The summed E-state index contributed by atoms with van der Waals surface area (Å²) in [6.45, 7) is 6.78. The molecule has 1 saturated heterocycles. The van der Waals surface area contributed by atoms with E-state index in [0.717, 1.165) is 44.0 Å². The van der Waals surface area contributed by atoms with Gasteiger partial charge in [-0.1, -0.05) is 67.6 Å². The summed E-state index contributed by atoms with van der Waals surface area (Å²) < 4.78 is 12.2. The Kier molecular flexibility index (Phi) is 6.37. The lowest BCUT2D eigenvalue weighted by atomic mass is 9.72. The van der Waals surface area contributed by atoms with Crippen LogP contribution in [0.5, 0.6) is 11.5 Å². The number of ether oxygens (including phenoxy) is 2. The summed E-state index contributed by atoms with van der Waals surface area (Å²) in [6, 6.07) is 25.5. The lowest BCUT2D eigenvalue weighted by Gasteiger charge is -2.34.